The van der Waals surface area contributed by atoms with Gasteiger partial charge in [-0.15, -0.1) is 0 Å². The summed E-state index contributed by atoms with van der Waals surface area (Å²) in [5.74, 6) is -3.80. The third-order valence-electron chi connectivity index (χ3n) is 3.75. The van der Waals surface area contributed by atoms with Gasteiger partial charge in [0.25, 0.3) is 5.56 Å². The van der Waals surface area contributed by atoms with Gasteiger partial charge in [0.05, 0.1) is 5.56 Å². The summed E-state index contributed by atoms with van der Waals surface area (Å²) in [7, 11) is 0. The molecule has 0 N–H and O–H groups in total. The number of aromatic nitrogens is 1. The summed E-state index contributed by atoms with van der Waals surface area (Å²) in [4.78, 5) is 23.6. The summed E-state index contributed by atoms with van der Waals surface area (Å²) in [6, 6.07) is 6.77. The smallest absolute Gasteiger partial charge is 0.259 e. The number of carbonyl (C=O) groups is 1. The van der Waals surface area contributed by atoms with Crippen LogP contribution in [0.3, 0.4) is 0 Å². The molecular weight excluding hydrogens is 366 g/mol. The quantitative estimate of drug-likeness (QED) is 0.502. The molecule has 2 aromatic carbocycles. The Morgan fingerprint density at radius 2 is 1.67 bits per heavy atom. The number of hydrogen-bond donors (Lipinski definition) is 0. The molecule has 0 fully saturated rings. The summed E-state index contributed by atoms with van der Waals surface area (Å²) in [5, 5.41) is 0. The topological polar surface area (TPSA) is 48.3 Å². The van der Waals surface area contributed by atoms with Crippen molar-refractivity contribution in [1.29, 1.82) is 0 Å². The lowest BCUT2D eigenvalue weighted by molar-refractivity contribution is 0.111. The molecule has 138 valence electrons. The van der Waals surface area contributed by atoms with Gasteiger partial charge in [0, 0.05) is 23.9 Å². The van der Waals surface area contributed by atoms with Crippen molar-refractivity contribution in [2.24, 2.45) is 0 Å². The molecule has 0 unspecified atom stereocenters. The molecule has 0 aliphatic carbocycles. The van der Waals surface area contributed by atoms with Crippen molar-refractivity contribution >= 4 is 6.29 Å². The predicted molar refractivity (Wildman–Crippen MR) is 88.0 cm³/mol. The Morgan fingerprint density at radius 3 is 2.30 bits per heavy atom. The molecule has 0 saturated carbocycles. The number of para-hydroxylation sites is 1. The third-order valence-corrected chi connectivity index (χ3v) is 3.75. The first-order chi connectivity index (χ1) is 12.9. The SMILES string of the molecule is O=Cc1cn(-c2c(F)cccc2F)c(=O)cc1OCc1ccc(F)cc1F. The minimum Gasteiger partial charge on any atom is -0.488 e. The Bertz CT molecular complexity index is 1060. The maximum absolute atomic E-state index is 13.9. The van der Waals surface area contributed by atoms with Gasteiger partial charge in [0.2, 0.25) is 0 Å². The van der Waals surface area contributed by atoms with Crippen molar-refractivity contribution in [3.63, 3.8) is 0 Å². The van der Waals surface area contributed by atoms with Gasteiger partial charge < -0.3 is 4.74 Å². The van der Waals surface area contributed by atoms with Gasteiger partial charge in [-0.2, -0.15) is 0 Å². The van der Waals surface area contributed by atoms with Crippen LogP contribution < -0.4 is 10.3 Å². The number of nitrogens with zero attached hydrogens (tertiary/aromatic N) is 1. The highest BCUT2D eigenvalue weighted by molar-refractivity contribution is 5.78. The normalized spacial score (nSPS) is 10.7. The van der Waals surface area contributed by atoms with Crippen LogP contribution in [0.1, 0.15) is 15.9 Å². The molecule has 4 nitrogen and oxygen atoms in total. The number of halogens is 4. The van der Waals surface area contributed by atoms with E-state index in [4.69, 9.17) is 4.74 Å². The second kappa shape index (κ2) is 7.45. The van der Waals surface area contributed by atoms with Crippen molar-refractivity contribution in [2.45, 2.75) is 6.61 Å². The summed E-state index contributed by atoms with van der Waals surface area (Å²) < 4.78 is 60.3. The highest BCUT2D eigenvalue weighted by atomic mass is 19.1. The maximum Gasteiger partial charge on any atom is 0.259 e. The lowest BCUT2D eigenvalue weighted by Gasteiger charge is -2.13. The van der Waals surface area contributed by atoms with Crippen LogP contribution in [0.2, 0.25) is 0 Å². The van der Waals surface area contributed by atoms with Crippen molar-refractivity contribution in [1.82, 2.24) is 4.57 Å². The molecule has 0 amide bonds. The van der Waals surface area contributed by atoms with E-state index in [1.54, 1.807) is 0 Å². The summed E-state index contributed by atoms with van der Waals surface area (Å²) in [6.45, 7) is -0.384. The number of benzene rings is 2. The van der Waals surface area contributed by atoms with Crippen molar-refractivity contribution in [3.05, 3.63) is 93.4 Å². The van der Waals surface area contributed by atoms with Gasteiger partial charge in [0.15, 0.2) is 6.29 Å². The summed E-state index contributed by atoms with van der Waals surface area (Å²) >= 11 is 0. The van der Waals surface area contributed by atoms with Crippen molar-refractivity contribution < 1.29 is 27.1 Å². The molecule has 0 bridgehead atoms. The Labute approximate surface area is 150 Å². The molecule has 0 atom stereocenters. The molecule has 1 heterocycles. The lowest BCUT2D eigenvalue weighted by atomic mass is 10.2. The third kappa shape index (κ3) is 3.74. The number of carbonyl (C=O) groups excluding carboxylic acids is 1. The van der Waals surface area contributed by atoms with Crippen molar-refractivity contribution in [2.75, 3.05) is 0 Å². The zero-order valence-corrected chi connectivity index (χ0v) is 13.6. The average molecular weight is 377 g/mol. The van der Waals surface area contributed by atoms with Crippen LogP contribution in [0.25, 0.3) is 5.69 Å². The minimum absolute atomic E-state index is 0.00224. The van der Waals surface area contributed by atoms with Crippen LogP contribution >= 0.6 is 0 Å². The Morgan fingerprint density at radius 1 is 0.963 bits per heavy atom. The zero-order chi connectivity index (χ0) is 19.6. The second-order valence-corrected chi connectivity index (χ2v) is 5.51. The first-order valence-corrected chi connectivity index (χ1v) is 7.63. The van der Waals surface area contributed by atoms with Crippen LogP contribution in [-0.2, 0) is 6.61 Å². The number of hydrogen-bond acceptors (Lipinski definition) is 3. The van der Waals surface area contributed by atoms with E-state index in [1.807, 2.05) is 0 Å². The van der Waals surface area contributed by atoms with Gasteiger partial charge in [-0.3, -0.25) is 14.2 Å². The summed E-state index contributed by atoms with van der Waals surface area (Å²) in [5.41, 5.74) is -1.68. The Hall–Kier alpha value is -3.42. The van der Waals surface area contributed by atoms with Crippen LogP contribution in [0.15, 0.2) is 53.5 Å². The van der Waals surface area contributed by atoms with E-state index >= 15 is 0 Å². The fraction of sp³-hybridized carbons (Fsp3) is 0.0526. The van der Waals surface area contributed by atoms with Gasteiger partial charge in [-0.05, 0) is 24.3 Å². The van der Waals surface area contributed by atoms with Crippen LogP contribution in [0.4, 0.5) is 17.6 Å². The van der Waals surface area contributed by atoms with E-state index in [-0.39, 0.29) is 23.5 Å². The summed E-state index contributed by atoms with van der Waals surface area (Å²) in [6.07, 6.45) is 1.25. The average Bonchev–Trinajstić information content (AvgIpc) is 2.62. The van der Waals surface area contributed by atoms with E-state index in [0.717, 1.165) is 42.6 Å². The molecule has 27 heavy (non-hydrogen) atoms. The van der Waals surface area contributed by atoms with Crippen molar-refractivity contribution in [3.8, 4) is 11.4 Å². The first-order valence-electron chi connectivity index (χ1n) is 7.63. The van der Waals surface area contributed by atoms with Crippen LogP contribution in [0.5, 0.6) is 5.75 Å². The van der Waals surface area contributed by atoms with Crippen LogP contribution in [0, 0.1) is 23.3 Å². The monoisotopic (exact) mass is 377 g/mol. The highest BCUT2D eigenvalue weighted by Crippen LogP contribution is 2.21. The number of aldehydes is 1. The van der Waals surface area contributed by atoms with E-state index in [0.29, 0.717) is 16.9 Å². The molecule has 0 aliphatic heterocycles. The molecule has 0 spiro atoms. The van der Waals surface area contributed by atoms with E-state index < -0.39 is 34.5 Å². The molecule has 0 saturated heterocycles. The largest absolute Gasteiger partial charge is 0.488 e. The molecule has 3 rings (SSSR count). The zero-order valence-electron chi connectivity index (χ0n) is 13.6. The first kappa shape index (κ1) is 18.4. The predicted octanol–water partition coefficient (Wildman–Crippen LogP) is 3.79. The fourth-order valence-electron chi connectivity index (χ4n) is 2.43. The van der Waals surface area contributed by atoms with E-state index in [9.17, 15) is 27.2 Å². The lowest BCUT2D eigenvalue weighted by Crippen LogP contribution is -2.21. The van der Waals surface area contributed by atoms with E-state index in [2.05, 4.69) is 0 Å². The van der Waals surface area contributed by atoms with Gasteiger partial charge in [-0.1, -0.05) is 6.07 Å². The number of pyridine rings is 1. The Kier molecular flexibility index (Phi) is 5.07. The fourth-order valence-corrected chi connectivity index (χ4v) is 2.43. The molecule has 8 heteroatoms. The molecule has 3 aromatic rings. The number of rotatable bonds is 5. The second-order valence-electron chi connectivity index (χ2n) is 5.51. The van der Waals surface area contributed by atoms with Gasteiger partial charge in [0.1, 0.15) is 41.3 Å². The maximum atomic E-state index is 13.9. The van der Waals surface area contributed by atoms with Crippen LogP contribution in [-0.4, -0.2) is 10.9 Å². The molecular formula is C19H11F4NO3. The van der Waals surface area contributed by atoms with Gasteiger partial charge in [-0.25, -0.2) is 17.6 Å². The van der Waals surface area contributed by atoms with Gasteiger partial charge >= 0.3 is 0 Å². The molecule has 0 aliphatic rings. The van der Waals surface area contributed by atoms with E-state index in [1.165, 1.54) is 0 Å². The molecule has 1 aromatic heterocycles. The molecule has 0 radical (unpaired) electrons. The Balaban J connectivity index is 1.97. The standard InChI is InChI=1S/C19H11F4NO3/c20-13-5-4-11(16(23)6-13)10-27-17-7-18(26)24(8-12(17)9-25)19-14(21)2-1-3-15(19)22/h1-9H,10H2. The minimum atomic E-state index is -0.990. The number of ether oxygens (including phenoxy) is 1. The highest BCUT2D eigenvalue weighted by Gasteiger charge is 2.16.